The molecule has 3 nitrogen and oxygen atoms in total. The second-order valence-corrected chi connectivity index (χ2v) is 5.36. The van der Waals surface area contributed by atoms with Gasteiger partial charge in [-0.1, -0.05) is 6.07 Å². The van der Waals surface area contributed by atoms with Gasteiger partial charge in [-0.25, -0.2) is 0 Å². The lowest BCUT2D eigenvalue weighted by Gasteiger charge is -2.16. The predicted octanol–water partition coefficient (Wildman–Crippen LogP) is 3.04. The topological polar surface area (TPSA) is 29.9 Å². The zero-order valence-electron chi connectivity index (χ0n) is 9.26. The maximum Gasteiger partial charge on any atom is 0.0731 e. The summed E-state index contributed by atoms with van der Waals surface area (Å²) in [7, 11) is 1.95. The molecule has 1 N–H and O–H groups in total. The Balaban J connectivity index is 1.79. The number of nitrogens with zero attached hydrogens (tertiary/aromatic N) is 2. The highest BCUT2D eigenvalue weighted by atomic mass is 32.1. The number of aromatic nitrogens is 2. The van der Waals surface area contributed by atoms with Crippen LogP contribution in [0.1, 0.15) is 23.8 Å². The van der Waals surface area contributed by atoms with Crippen molar-refractivity contribution in [3.8, 4) is 0 Å². The molecule has 0 bridgehead atoms. The van der Waals surface area contributed by atoms with E-state index < -0.39 is 0 Å². The summed E-state index contributed by atoms with van der Waals surface area (Å²) in [6.07, 6.45) is 6.61. The Hall–Kier alpha value is -1.29. The molecule has 0 spiro atoms. The maximum atomic E-state index is 4.19. The van der Waals surface area contributed by atoms with Crippen LogP contribution >= 0.6 is 11.3 Å². The highest BCUT2D eigenvalue weighted by Crippen LogP contribution is 2.44. The van der Waals surface area contributed by atoms with Gasteiger partial charge in [-0.05, 0) is 30.2 Å². The van der Waals surface area contributed by atoms with Gasteiger partial charge in [0.15, 0.2) is 0 Å². The van der Waals surface area contributed by atoms with Gasteiger partial charge >= 0.3 is 0 Å². The van der Waals surface area contributed by atoms with E-state index in [0.717, 1.165) is 11.6 Å². The summed E-state index contributed by atoms with van der Waals surface area (Å²) in [5, 5.41) is 9.93. The molecule has 2 aromatic heterocycles. The lowest BCUT2D eigenvalue weighted by atomic mass is 10.1. The van der Waals surface area contributed by atoms with Crippen LogP contribution in [-0.2, 0) is 7.05 Å². The first kappa shape index (κ1) is 9.90. The SMILES string of the molecule is Cn1cc(NC(c2cccs2)C2CC2)cn1. The number of nitrogens with one attached hydrogen (secondary N) is 1. The van der Waals surface area contributed by atoms with Crippen molar-refractivity contribution in [1.82, 2.24) is 9.78 Å². The molecule has 1 atom stereocenters. The Kier molecular flexibility index (Phi) is 2.44. The van der Waals surface area contributed by atoms with E-state index in [4.69, 9.17) is 0 Å². The van der Waals surface area contributed by atoms with Crippen LogP contribution in [0.25, 0.3) is 0 Å². The fourth-order valence-corrected chi connectivity index (χ4v) is 2.86. The van der Waals surface area contributed by atoms with E-state index in [0.29, 0.717) is 6.04 Å². The summed E-state index contributed by atoms with van der Waals surface area (Å²) < 4.78 is 1.83. The van der Waals surface area contributed by atoms with Gasteiger partial charge < -0.3 is 5.32 Å². The fourth-order valence-electron chi connectivity index (χ4n) is 1.99. The Morgan fingerprint density at radius 3 is 3.00 bits per heavy atom. The lowest BCUT2D eigenvalue weighted by molar-refractivity contribution is 0.691. The zero-order valence-corrected chi connectivity index (χ0v) is 10.1. The summed E-state index contributed by atoms with van der Waals surface area (Å²) in [6, 6.07) is 4.82. The van der Waals surface area contributed by atoms with Crippen molar-refractivity contribution in [2.45, 2.75) is 18.9 Å². The minimum atomic E-state index is 0.476. The average molecular weight is 233 g/mol. The third-order valence-corrected chi connectivity index (χ3v) is 3.93. The fraction of sp³-hybridized carbons (Fsp3) is 0.417. The Labute approximate surface area is 99.1 Å². The molecule has 2 heterocycles. The highest BCUT2D eigenvalue weighted by molar-refractivity contribution is 7.10. The number of hydrogen-bond donors (Lipinski definition) is 1. The number of thiophene rings is 1. The monoisotopic (exact) mass is 233 g/mol. The van der Waals surface area contributed by atoms with Gasteiger partial charge in [0.25, 0.3) is 0 Å². The molecule has 1 unspecified atom stereocenters. The van der Waals surface area contributed by atoms with Crippen LogP contribution in [0.4, 0.5) is 5.69 Å². The molecule has 0 radical (unpaired) electrons. The molecule has 16 heavy (non-hydrogen) atoms. The van der Waals surface area contributed by atoms with Gasteiger partial charge in [-0.2, -0.15) is 5.10 Å². The standard InChI is InChI=1S/C12H15N3S/c1-15-8-10(7-13-15)14-12(9-4-5-9)11-3-2-6-16-11/h2-3,6-9,12,14H,4-5H2,1H3. The Morgan fingerprint density at radius 2 is 2.44 bits per heavy atom. The van der Waals surface area contributed by atoms with Crippen LogP contribution in [0, 0.1) is 5.92 Å². The lowest BCUT2D eigenvalue weighted by Crippen LogP contribution is -2.10. The molecule has 2 aromatic rings. The minimum Gasteiger partial charge on any atom is -0.375 e. The van der Waals surface area contributed by atoms with Crippen LogP contribution in [0.2, 0.25) is 0 Å². The summed E-state index contributed by atoms with van der Waals surface area (Å²) in [5.74, 6) is 0.804. The van der Waals surface area contributed by atoms with E-state index in [9.17, 15) is 0 Å². The number of hydrogen-bond acceptors (Lipinski definition) is 3. The molecule has 0 aromatic carbocycles. The average Bonchev–Trinajstić information content (AvgIpc) is 2.80. The molecular formula is C12H15N3S. The van der Waals surface area contributed by atoms with Crippen LogP contribution in [0.5, 0.6) is 0 Å². The highest BCUT2D eigenvalue weighted by Gasteiger charge is 2.33. The van der Waals surface area contributed by atoms with E-state index in [2.05, 4.69) is 27.9 Å². The smallest absolute Gasteiger partial charge is 0.0731 e. The molecule has 1 saturated carbocycles. The van der Waals surface area contributed by atoms with E-state index in [1.807, 2.05) is 35.5 Å². The Morgan fingerprint density at radius 1 is 1.56 bits per heavy atom. The number of anilines is 1. The van der Waals surface area contributed by atoms with Crippen molar-refractivity contribution in [2.75, 3.05) is 5.32 Å². The Bertz CT molecular complexity index is 456. The van der Waals surface area contributed by atoms with Crippen molar-refractivity contribution in [2.24, 2.45) is 13.0 Å². The van der Waals surface area contributed by atoms with Crippen LogP contribution in [-0.4, -0.2) is 9.78 Å². The molecule has 84 valence electrons. The summed E-state index contributed by atoms with van der Waals surface area (Å²) in [4.78, 5) is 1.44. The van der Waals surface area contributed by atoms with Crippen LogP contribution < -0.4 is 5.32 Å². The quantitative estimate of drug-likeness (QED) is 0.879. The van der Waals surface area contributed by atoms with E-state index in [-0.39, 0.29) is 0 Å². The predicted molar refractivity (Wildman–Crippen MR) is 66.6 cm³/mol. The van der Waals surface area contributed by atoms with Crippen molar-refractivity contribution >= 4 is 17.0 Å². The van der Waals surface area contributed by atoms with Crippen molar-refractivity contribution in [1.29, 1.82) is 0 Å². The summed E-state index contributed by atoms with van der Waals surface area (Å²) in [6.45, 7) is 0. The van der Waals surface area contributed by atoms with Gasteiger partial charge in [0.1, 0.15) is 0 Å². The van der Waals surface area contributed by atoms with Gasteiger partial charge in [0.05, 0.1) is 17.9 Å². The van der Waals surface area contributed by atoms with Gasteiger partial charge in [0.2, 0.25) is 0 Å². The zero-order chi connectivity index (χ0) is 11.0. The van der Waals surface area contributed by atoms with Crippen molar-refractivity contribution in [3.63, 3.8) is 0 Å². The van der Waals surface area contributed by atoms with Crippen molar-refractivity contribution < 1.29 is 0 Å². The molecule has 3 rings (SSSR count). The number of aryl methyl sites for hydroxylation is 1. The molecule has 4 heteroatoms. The third-order valence-electron chi connectivity index (χ3n) is 2.97. The van der Waals surface area contributed by atoms with Crippen molar-refractivity contribution in [3.05, 3.63) is 34.8 Å². The number of rotatable bonds is 4. The molecule has 0 saturated heterocycles. The molecule has 0 amide bonds. The third kappa shape index (κ3) is 1.97. The molecular weight excluding hydrogens is 218 g/mol. The first-order valence-electron chi connectivity index (χ1n) is 5.61. The summed E-state index contributed by atoms with van der Waals surface area (Å²) in [5.41, 5.74) is 1.12. The van der Waals surface area contributed by atoms with E-state index in [1.165, 1.54) is 17.7 Å². The molecule has 1 aliphatic rings. The molecule has 1 aliphatic carbocycles. The van der Waals surface area contributed by atoms with E-state index in [1.54, 1.807) is 0 Å². The minimum absolute atomic E-state index is 0.476. The maximum absolute atomic E-state index is 4.19. The molecule has 0 aliphatic heterocycles. The van der Waals surface area contributed by atoms with E-state index >= 15 is 0 Å². The van der Waals surface area contributed by atoms with Gasteiger partial charge in [-0.15, -0.1) is 11.3 Å². The van der Waals surface area contributed by atoms with Crippen LogP contribution in [0.15, 0.2) is 29.9 Å². The van der Waals surface area contributed by atoms with Gasteiger partial charge in [0, 0.05) is 18.1 Å². The summed E-state index contributed by atoms with van der Waals surface area (Å²) >= 11 is 1.84. The largest absolute Gasteiger partial charge is 0.375 e. The first-order valence-corrected chi connectivity index (χ1v) is 6.49. The second-order valence-electron chi connectivity index (χ2n) is 4.38. The molecule has 1 fully saturated rings. The second kappa shape index (κ2) is 3.94. The normalized spacial score (nSPS) is 17.3. The van der Waals surface area contributed by atoms with Gasteiger partial charge in [-0.3, -0.25) is 4.68 Å². The first-order chi connectivity index (χ1) is 7.83. The van der Waals surface area contributed by atoms with Crippen LogP contribution in [0.3, 0.4) is 0 Å².